The van der Waals surface area contributed by atoms with Crippen LogP contribution in [0.5, 0.6) is 11.5 Å². The number of nitrogens with one attached hydrogen (secondary N) is 3. The highest BCUT2D eigenvalue weighted by atomic mass is 16.5. The number of aromatic amines is 1. The molecule has 144 valence electrons. The van der Waals surface area contributed by atoms with Crippen molar-refractivity contribution in [3.05, 3.63) is 51.8 Å². The van der Waals surface area contributed by atoms with Crippen LogP contribution in [0.3, 0.4) is 0 Å². The van der Waals surface area contributed by atoms with Crippen LogP contribution in [0.4, 0.5) is 0 Å². The molecule has 0 radical (unpaired) electrons. The summed E-state index contributed by atoms with van der Waals surface area (Å²) < 4.78 is 5.98. The standard InChI is InChI=1S/C16H15N7O5/c1-17-14(25)11-13-21-20-12(16(27)23(13)7-18-11)15(26)22-19-6-8-3-4-9(24)10(5-8)28-2/h3-7,21,24H,1-2H3,(H,17,25)(H,22,26)/b19-6-. The number of phenolic OH excluding ortho intramolecular Hbond substituents is 1. The zero-order valence-electron chi connectivity index (χ0n) is 14.8. The van der Waals surface area contributed by atoms with E-state index in [1.165, 1.54) is 32.5 Å². The predicted octanol–water partition coefficient (Wildman–Crippen LogP) is -0.745. The van der Waals surface area contributed by atoms with Crippen molar-refractivity contribution in [2.75, 3.05) is 14.2 Å². The Bertz CT molecular complexity index is 1150. The smallest absolute Gasteiger partial charge is 0.297 e. The van der Waals surface area contributed by atoms with Gasteiger partial charge < -0.3 is 15.2 Å². The number of amides is 2. The molecule has 0 aliphatic rings. The number of phenols is 1. The van der Waals surface area contributed by atoms with Gasteiger partial charge in [0.15, 0.2) is 22.8 Å². The summed E-state index contributed by atoms with van der Waals surface area (Å²) in [6, 6.07) is 4.47. The molecule has 0 saturated carbocycles. The van der Waals surface area contributed by atoms with Gasteiger partial charge in [-0.25, -0.2) is 14.8 Å². The third kappa shape index (κ3) is 3.38. The molecule has 0 spiro atoms. The van der Waals surface area contributed by atoms with Crippen molar-refractivity contribution in [2.45, 2.75) is 0 Å². The maximum Gasteiger partial charge on any atom is 0.297 e. The molecule has 12 heteroatoms. The predicted molar refractivity (Wildman–Crippen MR) is 96.7 cm³/mol. The van der Waals surface area contributed by atoms with Crippen molar-refractivity contribution in [1.29, 1.82) is 0 Å². The minimum Gasteiger partial charge on any atom is -0.504 e. The molecule has 0 fully saturated rings. The molecule has 3 aromatic rings. The molecule has 0 atom stereocenters. The number of hydrogen-bond acceptors (Lipinski definition) is 8. The molecule has 0 unspecified atom stereocenters. The van der Waals surface area contributed by atoms with Gasteiger partial charge >= 0.3 is 0 Å². The molecule has 12 nitrogen and oxygen atoms in total. The molecule has 0 saturated heterocycles. The molecule has 0 aliphatic heterocycles. The average molecular weight is 385 g/mol. The molecule has 0 bridgehead atoms. The number of imidazole rings is 1. The number of H-pyrrole nitrogens is 1. The normalized spacial score (nSPS) is 10.9. The second-order valence-corrected chi connectivity index (χ2v) is 5.40. The Morgan fingerprint density at radius 3 is 2.82 bits per heavy atom. The van der Waals surface area contributed by atoms with Crippen molar-refractivity contribution >= 4 is 23.7 Å². The van der Waals surface area contributed by atoms with E-state index in [-0.39, 0.29) is 22.8 Å². The average Bonchev–Trinajstić information content (AvgIpc) is 3.13. The van der Waals surface area contributed by atoms with Gasteiger partial charge in [0.1, 0.15) is 6.33 Å². The highest BCUT2D eigenvalue weighted by molar-refractivity contribution is 5.98. The Morgan fingerprint density at radius 2 is 2.11 bits per heavy atom. The van der Waals surface area contributed by atoms with Gasteiger partial charge in [-0.1, -0.05) is 0 Å². The summed E-state index contributed by atoms with van der Waals surface area (Å²) >= 11 is 0. The number of hydrogen-bond donors (Lipinski definition) is 4. The lowest BCUT2D eigenvalue weighted by Crippen LogP contribution is -2.31. The number of rotatable bonds is 5. The summed E-state index contributed by atoms with van der Waals surface area (Å²) in [5.74, 6) is -1.17. The topological polar surface area (TPSA) is 163 Å². The van der Waals surface area contributed by atoms with Gasteiger partial charge in [-0.05, 0) is 23.8 Å². The quantitative estimate of drug-likeness (QED) is 0.332. The maximum absolute atomic E-state index is 12.4. The number of fused-ring (bicyclic) bond motifs is 1. The summed E-state index contributed by atoms with van der Waals surface area (Å²) in [6.45, 7) is 0. The van der Waals surface area contributed by atoms with E-state index in [1.54, 1.807) is 6.07 Å². The monoisotopic (exact) mass is 385 g/mol. The number of carbonyl (C=O) groups excluding carboxylic acids is 2. The third-order valence-corrected chi connectivity index (χ3v) is 3.70. The number of methoxy groups -OCH3 is 1. The number of carbonyl (C=O) groups is 2. The summed E-state index contributed by atoms with van der Waals surface area (Å²) in [4.78, 5) is 40.1. The Morgan fingerprint density at radius 1 is 1.32 bits per heavy atom. The van der Waals surface area contributed by atoms with Crippen LogP contribution in [0.15, 0.2) is 34.4 Å². The zero-order valence-corrected chi connectivity index (χ0v) is 14.8. The molecular weight excluding hydrogens is 370 g/mol. The first-order valence-electron chi connectivity index (χ1n) is 7.84. The van der Waals surface area contributed by atoms with Crippen LogP contribution < -0.4 is 21.0 Å². The fraction of sp³-hybridized carbons (Fsp3) is 0.125. The number of nitrogens with zero attached hydrogens (tertiary/aromatic N) is 4. The van der Waals surface area contributed by atoms with E-state index in [4.69, 9.17) is 4.74 Å². The van der Waals surface area contributed by atoms with Crippen molar-refractivity contribution < 1.29 is 19.4 Å². The molecule has 2 aromatic heterocycles. The van der Waals surface area contributed by atoms with Gasteiger partial charge in [-0.15, -0.1) is 0 Å². The van der Waals surface area contributed by atoms with E-state index < -0.39 is 23.1 Å². The molecule has 4 N–H and O–H groups in total. The Balaban J connectivity index is 1.81. The lowest BCUT2D eigenvalue weighted by Gasteiger charge is -2.03. The van der Waals surface area contributed by atoms with Crippen LogP contribution in [0.25, 0.3) is 5.65 Å². The summed E-state index contributed by atoms with van der Waals surface area (Å²) in [6.07, 6.45) is 2.41. The maximum atomic E-state index is 12.4. The van der Waals surface area contributed by atoms with Crippen molar-refractivity contribution in [3.63, 3.8) is 0 Å². The first-order valence-corrected chi connectivity index (χ1v) is 7.84. The van der Waals surface area contributed by atoms with Gasteiger partial charge in [-0.2, -0.15) is 10.2 Å². The van der Waals surface area contributed by atoms with Crippen LogP contribution in [-0.2, 0) is 0 Å². The first-order chi connectivity index (χ1) is 13.5. The van der Waals surface area contributed by atoms with E-state index >= 15 is 0 Å². The Hall–Kier alpha value is -4.22. The Kier molecular flexibility index (Phi) is 5.02. The van der Waals surface area contributed by atoms with Crippen LogP contribution in [0.2, 0.25) is 0 Å². The van der Waals surface area contributed by atoms with Gasteiger partial charge in [0.25, 0.3) is 17.4 Å². The first kappa shape index (κ1) is 18.6. The summed E-state index contributed by atoms with van der Waals surface area (Å²) in [5.41, 5.74) is 1.51. The van der Waals surface area contributed by atoms with Crippen LogP contribution in [0, 0.1) is 0 Å². The summed E-state index contributed by atoms with van der Waals surface area (Å²) in [5, 5.41) is 21.8. The largest absolute Gasteiger partial charge is 0.504 e. The number of benzene rings is 1. The minimum absolute atomic E-state index is 0.0293. The molecule has 2 heterocycles. The number of aromatic nitrogens is 4. The van der Waals surface area contributed by atoms with Crippen LogP contribution in [0.1, 0.15) is 26.5 Å². The van der Waals surface area contributed by atoms with E-state index in [9.17, 15) is 19.5 Å². The van der Waals surface area contributed by atoms with Crippen LogP contribution in [-0.4, -0.2) is 56.9 Å². The summed E-state index contributed by atoms with van der Waals surface area (Å²) in [7, 11) is 2.82. The fourth-order valence-electron chi connectivity index (χ4n) is 2.31. The van der Waals surface area contributed by atoms with Crippen LogP contribution >= 0.6 is 0 Å². The van der Waals surface area contributed by atoms with Gasteiger partial charge in [0.05, 0.1) is 13.3 Å². The van der Waals surface area contributed by atoms with Crippen molar-refractivity contribution in [2.24, 2.45) is 5.10 Å². The van der Waals surface area contributed by atoms with Crippen molar-refractivity contribution in [1.82, 2.24) is 30.3 Å². The number of aromatic hydroxyl groups is 1. The van der Waals surface area contributed by atoms with Gasteiger partial charge in [0.2, 0.25) is 5.69 Å². The molecule has 28 heavy (non-hydrogen) atoms. The highest BCUT2D eigenvalue weighted by Crippen LogP contribution is 2.25. The zero-order chi connectivity index (χ0) is 20.3. The van der Waals surface area contributed by atoms with Crippen molar-refractivity contribution in [3.8, 4) is 11.5 Å². The number of hydrazone groups is 1. The lowest BCUT2D eigenvalue weighted by molar-refractivity contribution is 0.0944. The third-order valence-electron chi connectivity index (χ3n) is 3.70. The Labute approximate surface area is 156 Å². The molecule has 0 aliphatic carbocycles. The SMILES string of the molecule is CNC(=O)c1ncn2c(=O)c(C(=O)N/N=C\c3ccc(O)c(OC)c3)n[nH]c12. The molecular formula is C16H15N7O5. The van der Waals surface area contributed by atoms with Gasteiger partial charge in [-0.3, -0.25) is 19.5 Å². The molecule has 3 rings (SSSR count). The van der Waals surface area contributed by atoms with E-state index in [0.29, 0.717) is 5.56 Å². The second-order valence-electron chi connectivity index (χ2n) is 5.40. The minimum atomic E-state index is -0.861. The van der Waals surface area contributed by atoms with E-state index in [1.807, 2.05) is 0 Å². The number of ether oxygens (including phenoxy) is 1. The molecule has 2 amide bonds. The second kappa shape index (κ2) is 7.57. The van der Waals surface area contributed by atoms with E-state index in [2.05, 4.69) is 31.0 Å². The lowest BCUT2D eigenvalue weighted by atomic mass is 10.2. The fourth-order valence-corrected chi connectivity index (χ4v) is 2.31. The highest BCUT2D eigenvalue weighted by Gasteiger charge is 2.19. The van der Waals surface area contributed by atoms with Gasteiger partial charge in [0, 0.05) is 7.05 Å². The van der Waals surface area contributed by atoms with E-state index in [0.717, 1.165) is 10.7 Å². The molecule has 1 aromatic carbocycles.